The minimum atomic E-state index is -1.73. The van der Waals surface area contributed by atoms with Crippen molar-refractivity contribution in [2.24, 2.45) is 0 Å². The number of hydrogen-bond acceptors (Lipinski definition) is 9. The van der Waals surface area contributed by atoms with Gasteiger partial charge < -0.3 is 45.6 Å². The summed E-state index contributed by atoms with van der Waals surface area (Å²) in [5.41, 5.74) is 1.10. The zero-order valence-electron chi connectivity index (χ0n) is 40.6. The van der Waals surface area contributed by atoms with E-state index in [2.05, 4.69) is 160 Å². The van der Waals surface area contributed by atoms with Gasteiger partial charge in [0.2, 0.25) is 5.91 Å². The Hall–Kier alpha value is -7.40. The molecule has 0 aromatic heterocycles. The molecule has 1 aromatic carbocycles. The van der Waals surface area contributed by atoms with Crippen molar-refractivity contribution in [3.8, 4) is 142 Å². The Kier molecular flexibility index (Phi) is 34.1. The van der Waals surface area contributed by atoms with Gasteiger partial charge in [0.05, 0.1) is 18.8 Å². The normalized spacial score (nSPS) is 16.7. The molecule has 8 atom stereocenters. The Morgan fingerprint density at radius 3 is 1.56 bits per heavy atom. The van der Waals surface area contributed by atoms with E-state index in [4.69, 9.17) is 9.47 Å². The van der Waals surface area contributed by atoms with Crippen LogP contribution in [0.5, 0.6) is 0 Å². The van der Waals surface area contributed by atoms with E-state index in [-0.39, 0.29) is 25.3 Å². The molecule has 1 aliphatic rings. The summed E-state index contributed by atoms with van der Waals surface area (Å²) in [6.45, 7) is 3.20. The van der Waals surface area contributed by atoms with Crippen molar-refractivity contribution in [3.63, 3.8) is 0 Å². The van der Waals surface area contributed by atoms with Gasteiger partial charge in [-0.15, -0.1) is 0 Å². The van der Waals surface area contributed by atoms with E-state index in [0.717, 1.165) is 31.2 Å². The van der Waals surface area contributed by atoms with Gasteiger partial charge in [-0.05, 0) is 126 Å². The van der Waals surface area contributed by atoms with E-state index in [9.17, 15) is 35.1 Å². The molecule has 0 saturated carbocycles. The van der Waals surface area contributed by atoms with Gasteiger partial charge in [-0.25, -0.2) is 0 Å². The maximum Gasteiger partial charge on any atom is 0.297 e. The second-order valence-electron chi connectivity index (χ2n) is 15.9. The summed E-state index contributed by atoms with van der Waals surface area (Å²) in [5, 5.41) is 59.6. The molecule has 11 nitrogen and oxygen atoms in total. The monoisotopic (exact) mass is 954 g/mol. The number of benzene rings is 1. The first-order chi connectivity index (χ1) is 34.7. The van der Waals surface area contributed by atoms with Gasteiger partial charge >= 0.3 is 0 Å². The van der Waals surface area contributed by atoms with Crippen LogP contribution in [0.3, 0.4) is 0 Å². The Morgan fingerprint density at radius 1 is 0.606 bits per heavy atom. The Balaban J connectivity index is 2.00. The van der Waals surface area contributed by atoms with Crippen LogP contribution in [0.1, 0.15) is 116 Å². The maximum atomic E-state index is 12.9. The second-order valence-corrected chi connectivity index (χ2v) is 15.9. The zero-order chi connectivity index (χ0) is 51.4. The van der Waals surface area contributed by atoms with Gasteiger partial charge in [0.1, 0.15) is 30.5 Å². The maximum absolute atomic E-state index is 12.9. The average molecular weight is 955 g/mol. The summed E-state index contributed by atoms with van der Waals surface area (Å²) >= 11 is 0. The van der Waals surface area contributed by atoms with E-state index in [1.54, 1.807) is 6.92 Å². The van der Waals surface area contributed by atoms with E-state index >= 15 is 0 Å². The van der Waals surface area contributed by atoms with Crippen LogP contribution in [0.15, 0.2) is 30.3 Å². The standard InChI is InChI=1S/C60H62N2O9/c1-3-5-7-9-11-13-15-17-18-19-20-21-22-23-24-25-26-27-29-31-33-35-40-46-55(65)62-51(56(66)52(63)45-39-34-32-30-28-16-14-12-10-8-6-4-2)49-70-60-59(69)58(68)57(67)53(71-60)48-61-54(64)47-41-44-50-42-37-36-38-43-50/h36-38,42-43,51-53,56-60,63,66-69H,4,6,8,10,12,14,16,28,30,32,34,39,41,44-45,47-49H2,1-2H3,(H,61,64)(H,62,65)/t51-,52+,53?,56-,57-,58-,59?,60-/m0/s1. The Bertz CT molecular complexity index is 2630. The highest BCUT2D eigenvalue weighted by Crippen LogP contribution is 2.23. The van der Waals surface area contributed by atoms with Gasteiger partial charge in [0.15, 0.2) is 6.29 Å². The van der Waals surface area contributed by atoms with E-state index < -0.39 is 61.5 Å². The molecule has 7 N–H and O–H groups in total. The molecule has 1 saturated heterocycles. The summed E-state index contributed by atoms with van der Waals surface area (Å²) in [6, 6.07) is 8.46. The van der Waals surface area contributed by atoms with Crippen molar-refractivity contribution < 1.29 is 44.6 Å². The van der Waals surface area contributed by atoms with Crippen LogP contribution in [0.2, 0.25) is 0 Å². The molecule has 1 aliphatic heterocycles. The number of carbonyl (C=O) groups is 2. The first-order valence-corrected chi connectivity index (χ1v) is 23.9. The zero-order valence-corrected chi connectivity index (χ0v) is 40.6. The van der Waals surface area contributed by atoms with Crippen LogP contribution in [0.4, 0.5) is 0 Å². The topological polar surface area (TPSA) is 178 Å². The Morgan fingerprint density at radius 2 is 1.07 bits per heavy atom. The van der Waals surface area contributed by atoms with Gasteiger partial charge in [-0.2, -0.15) is 0 Å². The lowest BCUT2D eigenvalue weighted by atomic mass is 9.98. The van der Waals surface area contributed by atoms with Crippen molar-refractivity contribution in [3.05, 3.63) is 35.9 Å². The van der Waals surface area contributed by atoms with Gasteiger partial charge in [0, 0.05) is 54.4 Å². The van der Waals surface area contributed by atoms with Gasteiger partial charge in [0.25, 0.3) is 5.91 Å². The highest BCUT2D eigenvalue weighted by atomic mass is 16.7. The average Bonchev–Trinajstić information content (AvgIpc) is 3.37. The van der Waals surface area contributed by atoms with Crippen molar-refractivity contribution in [1.82, 2.24) is 10.6 Å². The van der Waals surface area contributed by atoms with Crippen molar-refractivity contribution in [2.75, 3.05) is 13.2 Å². The molecule has 0 spiro atoms. The Labute approximate surface area is 422 Å². The van der Waals surface area contributed by atoms with E-state index in [1.165, 1.54) is 44.9 Å². The number of nitrogens with one attached hydrogen (secondary N) is 2. The van der Waals surface area contributed by atoms with Crippen molar-refractivity contribution in [2.45, 2.75) is 166 Å². The largest absolute Gasteiger partial charge is 0.390 e. The molecule has 2 rings (SSSR count). The van der Waals surface area contributed by atoms with Crippen LogP contribution in [0.25, 0.3) is 0 Å². The third kappa shape index (κ3) is 30.0. The molecular formula is C60H62N2O9. The van der Waals surface area contributed by atoms with Gasteiger partial charge in [-0.1, -0.05) is 120 Å². The third-order valence-electron chi connectivity index (χ3n) is 10.4. The number of aryl methyl sites for hydroxylation is 1. The lowest BCUT2D eigenvalue weighted by Crippen LogP contribution is -2.61. The molecule has 1 aromatic rings. The predicted molar refractivity (Wildman–Crippen MR) is 274 cm³/mol. The number of amides is 2. The molecule has 1 fully saturated rings. The number of unbranched alkanes of at least 4 members (excludes halogenated alkanes) is 11. The number of ether oxygens (including phenoxy) is 2. The van der Waals surface area contributed by atoms with Crippen molar-refractivity contribution >= 4 is 11.8 Å². The summed E-state index contributed by atoms with van der Waals surface area (Å²) in [4.78, 5) is 25.5. The van der Waals surface area contributed by atoms with Gasteiger partial charge in [-0.3, -0.25) is 9.59 Å². The quantitative estimate of drug-likeness (QED) is 0.0573. The van der Waals surface area contributed by atoms with Crippen molar-refractivity contribution in [1.29, 1.82) is 0 Å². The lowest BCUT2D eigenvalue weighted by Gasteiger charge is -2.41. The van der Waals surface area contributed by atoms with Crippen LogP contribution < -0.4 is 10.6 Å². The lowest BCUT2D eigenvalue weighted by molar-refractivity contribution is -0.297. The number of carbonyl (C=O) groups excluding carboxylic acids is 2. The molecular weight excluding hydrogens is 893 g/mol. The number of aliphatic hydroxyl groups is 5. The molecule has 366 valence electrons. The van der Waals surface area contributed by atoms with E-state index in [0.29, 0.717) is 19.3 Å². The summed E-state index contributed by atoms with van der Waals surface area (Å²) in [7, 11) is 0. The smallest absolute Gasteiger partial charge is 0.297 e. The fraction of sp³-hybridized carbons (Fsp3) is 0.467. The van der Waals surface area contributed by atoms with E-state index in [1.807, 2.05) is 30.3 Å². The molecule has 0 radical (unpaired) electrons. The second kappa shape index (κ2) is 40.5. The summed E-state index contributed by atoms with van der Waals surface area (Å²) in [5.74, 6) is 58.4. The minimum Gasteiger partial charge on any atom is -0.390 e. The molecule has 2 unspecified atom stereocenters. The van der Waals surface area contributed by atoms with Crippen LogP contribution in [-0.4, -0.2) is 99.5 Å². The predicted octanol–water partition coefficient (Wildman–Crippen LogP) is 3.31. The molecule has 0 aliphatic carbocycles. The fourth-order valence-corrected chi connectivity index (χ4v) is 6.66. The molecule has 71 heavy (non-hydrogen) atoms. The summed E-state index contributed by atoms with van der Waals surface area (Å²) < 4.78 is 11.6. The highest BCUT2D eigenvalue weighted by molar-refractivity contribution is 5.94. The SMILES string of the molecule is CC#CC#CC#CC#CC#CC#CC#CC#CC#CC#CC#CC#CC(=O)N[C@@H](CO[C@H]1OC(CNC(=O)CCCc2ccccc2)[C@H](O)[C@H](O)C1O)[C@H](O)[C@H](O)CCCCCCCCCCCCCC. The van der Waals surface area contributed by atoms with Crippen LogP contribution >= 0.6 is 0 Å². The number of aliphatic hydroxyl groups excluding tert-OH is 5. The fourth-order valence-electron chi connectivity index (χ4n) is 6.66. The summed E-state index contributed by atoms with van der Waals surface area (Å²) in [6.07, 6.45) is 4.83. The molecule has 1 heterocycles. The van der Waals surface area contributed by atoms with Crippen LogP contribution in [-0.2, 0) is 25.5 Å². The minimum absolute atomic E-state index is 0.191. The molecule has 11 heteroatoms. The number of hydrogen-bond donors (Lipinski definition) is 7. The molecule has 2 amide bonds. The van der Waals surface area contributed by atoms with Crippen LogP contribution in [0, 0.1) is 142 Å². The highest BCUT2D eigenvalue weighted by Gasteiger charge is 2.45. The molecule has 0 bridgehead atoms. The first-order valence-electron chi connectivity index (χ1n) is 23.9. The first kappa shape index (κ1) is 59.7. The third-order valence-corrected chi connectivity index (χ3v) is 10.4. The number of rotatable bonds is 25.